The van der Waals surface area contributed by atoms with E-state index in [0.717, 1.165) is 14.0 Å². The van der Waals surface area contributed by atoms with Crippen LogP contribution in [0.15, 0.2) is 51.1 Å². The Balaban J connectivity index is 1.80. The predicted molar refractivity (Wildman–Crippen MR) is 106 cm³/mol. The number of carbonyl (C=O) groups excluding carboxylic acids is 2. The molecule has 1 aromatic carbocycles. The number of thiocarbonyl (C=S) groups is 1. The van der Waals surface area contributed by atoms with E-state index in [1.54, 1.807) is 17.8 Å². The van der Waals surface area contributed by atoms with Crippen LogP contribution < -0.4 is 5.32 Å². The first-order valence-corrected chi connectivity index (χ1v) is 9.82. The van der Waals surface area contributed by atoms with E-state index in [4.69, 9.17) is 23.8 Å². The van der Waals surface area contributed by atoms with Crippen LogP contribution in [0.5, 0.6) is 0 Å². The molecule has 1 aliphatic heterocycles. The van der Waals surface area contributed by atoms with Gasteiger partial charge in [0, 0.05) is 21.3 Å². The van der Waals surface area contributed by atoms with Gasteiger partial charge in [-0.1, -0.05) is 23.4 Å². The average Bonchev–Trinajstić information content (AvgIpc) is 3.01. The second kappa shape index (κ2) is 7.70. The topological polar surface area (TPSA) is 49.4 Å². The second-order valence-corrected chi connectivity index (χ2v) is 8.39. The third kappa shape index (κ3) is 4.12. The van der Waals surface area contributed by atoms with Crippen LogP contribution in [0.1, 0.15) is 11.8 Å². The Morgan fingerprint density at radius 1 is 1.24 bits per heavy atom. The Hall–Kier alpha value is -1.67. The zero-order valence-corrected chi connectivity index (χ0v) is 16.3. The summed E-state index contributed by atoms with van der Waals surface area (Å²) in [6, 6.07) is 11.4. The van der Waals surface area contributed by atoms with E-state index in [2.05, 4.69) is 5.32 Å². The maximum atomic E-state index is 12.4. The van der Waals surface area contributed by atoms with Crippen molar-refractivity contribution in [2.75, 3.05) is 6.54 Å². The number of hydrogen-bond donors (Lipinski definition) is 1. The standard InChI is InChI=1S/C17H13ClN2O2S3/c1-2-20-16(22)13(15(21)19-17(20)23)9-12-7-8-14(25-12)24-11-5-3-10(18)4-6-11/h3-9H,2H2,1H3,(H,19,21,23)/b13-9+. The Bertz CT molecular complexity index is 874. The third-order valence-corrected chi connectivity index (χ3v) is 6.17. The minimum Gasteiger partial charge on any atom is -0.298 e. The van der Waals surface area contributed by atoms with Gasteiger partial charge in [0.25, 0.3) is 11.8 Å². The van der Waals surface area contributed by atoms with E-state index < -0.39 is 5.91 Å². The maximum Gasteiger partial charge on any atom is 0.265 e. The summed E-state index contributed by atoms with van der Waals surface area (Å²) in [5, 5.41) is 3.40. The number of nitrogens with one attached hydrogen (secondary N) is 1. The number of rotatable bonds is 4. The van der Waals surface area contributed by atoms with Gasteiger partial charge in [-0.15, -0.1) is 11.3 Å². The minimum atomic E-state index is -0.458. The highest BCUT2D eigenvalue weighted by molar-refractivity contribution is 8.01. The third-order valence-electron chi connectivity index (χ3n) is 3.42. The van der Waals surface area contributed by atoms with E-state index >= 15 is 0 Å². The number of likely N-dealkylation sites (N-methyl/N-ethyl adjacent to an activating group) is 1. The van der Waals surface area contributed by atoms with Crippen LogP contribution in [0.4, 0.5) is 0 Å². The van der Waals surface area contributed by atoms with Gasteiger partial charge in [-0.3, -0.25) is 19.8 Å². The fourth-order valence-electron chi connectivity index (χ4n) is 2.21. The number of amides is 2. The average molecular weight is 409 g/mol. The molecule has 0 spiro atoms. The molecule has 2 amide bonds. The van der Waals surface area contributed by atoms with Gasteiger partial charge >= 0.3 is 0 Å². The molecule has 3 rings (SSSR count). The normalized spacial score (nSPS) is 16.5. The fourth-order valence-corrected chi connectivity index (χ4v) is 4.71. The van der Waals surface area contributed by atoms with Gasteiger partial charge < -0.3 is 0 Å². The van der Waals surface area contributed by atoms with Gasteiger partial charge in [-0.2, -0.15) is 0 Å². The quantitative estimate of drug-likeness (QED) is 0.468. The monoisotopic (exact) mass is 408 g/mol. The van der Waals surface area contributed by atoms with Gasteiger partial charge in [0.2, 0.25) is 0 Å². The number of nitrogens with zero attached hydrogens (tertiary/aromatic N) is 1. The number of benzene rings is 1. The van der Waals surface area contributed by atoms with Crippen LogP contribution in [-0.4, -0.2) is 28.4 Å². The molecule has 1 aliphatic rings. The number of carbonyl (C=O) groups is 2. The summed E-state index contributed by atoms with van der Waals surface area (Å²) >= 11 is 14.0. The van der Waals surface area contributed by atoms with Crippen LogP contribution in [0, 0.1) is 0 Å². The molecule has 8 heteroatoms. The predicted octanol–water partition coefficient (Wildman–Crippen LogP) is 4.20. The summed E-state index contributed by atoms with van der Waals surface area (Å²) in [4.78, 5) is 27.8. The first-order chi connectivity index (χ1) is 12.0. The lowest BCUT2D eigenvalue weighted by molar-refractivity contribution is -0.128. The summed E-state index contributed by atoms with van der Waals surface area (Å²) in [5.74, 6) is -0.823. The number of hydrogen-bond acceptors (Lipinski definition) is 5. The Morgan fingerprint density at radius 3 is 2.64 bits per heavy atom. The highest BCUT2D eigenvalue weighted by atomic mass is 35.5. The smallest absolute Gasteiger partial charge is 0.265 e. The van der Waals surface area contributed by atoms with E-state index in [-0.39, 0.29) is 16.6 Å². The van der Waals surface area contributed by atoms with Gasteiger partial charge in [0.05, 0.1) is 4.21 Å². The molecule has 1 N–H and O–H groups in total. The zero-order chi connectivity index (χ0) is 18.0. The summed E-state index contributed by atoms with van der Waals surface area (Å²) < 4.78 is 1.06. The molecule has 0 aliphatic carbocycles. The SMILES string of the molecule is CCN1C(=O)/C(=C/c2ccc(Sc3ccc(Cl)cc3)s2)C(=O)NC1=S. The maximum absolute atomic E-state index is 12.4. The minimum absolute atomic E-state index is 0.0975. The summed E-state index contributed by atoms with van der Waals surface area (Å²) in [7, 11) is 0. The molecule has 128 valence electrons. The lowest BCUT2D eigenvalue weighted by Gasteiger charge is -2.27. The van der Waals surface area contributed by atoms with Crippen molar-refractivity contribution in [2.45, 2.75) is 16.0 Å². The summed E-state index contributed by atoms with van der Waals surface area (Å²) in [6.07, 6.45) is 1.61. The van der Waals surface area contributed by atoms with Crippen LogP contribution >= 0.6 is 46.9 Å². The van der Waals surface area contributed by atoms with Gasteiger partial charge in [-0.25, -0.2) is 0 Å². The van der Waals surface area contributed by atoms with Crippen molar-refractivity contribution in [1.82, 2.24) is 10.2 Å². The van der Waals surface area contributed by atoms with E-state index in [1.807, 2.05) is 43.3 Å². The van der Waals surface area contributed by atoms with Crippen molar-refractivity contribution in [1.29, 1.82) is 0 Å². The van der Waals surface area contributed by atoms with Gasteiger partial charge in [-0.05, 0) is 61.6 Å². The summed E-state index contributed by atoms with van der Waals surface area (Å²) in [5.41, 5.74) is 0.0975. The van der Waals surface area contributed by atoms with Crippen molar-refractivity contribution in [3.8, 4) is 0 Å². The molecule has 0 atom stereocenters. The van der Waals surface area contributed by atoms with E-state index in [9.17, 15) is 9.59 Å². The van der Waals surface area contributed by atoms with Crippen LogP contribution in [0.3, 0.4) is 0 Å². The highest BCUT2D eigenvalue weighted by Crippen LogP contribution is 2.34. The molecule has 0 saturated carbocycles. The lowest BCUT2D eigenvalue weighted by atomic mass is 10.1. The molecule has 0 radical (unpaired) electrons. The van der Waals surface area contributed by atoms with E-state index in [0.29, 0.717) is 11.6 Å². The molecule has 4 nitrogen and oxygen atoms in total. The molecular formula is C17H13ClN2O2S3. The molecular weight excluding hydrogens is 396 g/mol. The molecule has 1 fully saturated rings. The number of thiophene rings is 1. The van der Waals surface area contributed by atoms with Crippen molar-refractivity contribution >= 4 is 69.9 Å². The zero-order valence-electron chi connectivity index (χ0n) is 13.1. The van der Waals surface area contributed by atoms with Crippen molar-refractivity contribution in [3.05, 3.63) is 51.9 Å². The molecule has 1 aromatic heterocycles. The first-order valence-electron chi connectivity index (χ1n) is 7.40. The van der Waals surface area contributed by atoms with Crippen molar-refractivity contribution < 1.29 is 9.59 Å². The first kappa shape index (κ1) is 18.1. The van der Waals surface area contributed by atoms with Crippen LogP contribution in [0.2, 0.25) is 5.02 Å². The Kier molecular flexibility index (Phi) is 5.58. The second-order valence-electron chi connectivity index (χ2n) is 5.08. The lowest BCUT2D eigenvalue weighted by Crippen LogP contribution is -2.53. The largest absolute Gasteiger partial charge is 0.298 e. The molecule has 2 aromatic rings. The molecule has 25 heavy (non-hydrogen) atoms. The Labute approximate surface area is 163 Å². The molecule has 1 saturated heterocycles. The van der Waals surface area contributed by atoms with E-state index in [1.165, 1.54) is 16.2 Å². The summed E-state index contributed by atoms with van der Waals surface area (Å²) in [6.45, 7) is 2.22. The number of halogens is 1. The molecule has 0 unspecified atom stereocenters. The molecule has 0 bridgehead atoms. The highest BCUT2D eigenvalue weighted by Gasteiger charge is 2.32. The van der Waals surface area contributed by atoms with Crippen LogP contribution in [0.25, 0.3) is 6.08 Å². The van der Waals surface area contributed by atoms with Crippen molar-refractivity contribution in [3.63, 3.8) is 0 Å². The molecule has 2 heterocycles. The van der Waals surface area contributed by atoms with Gasteiger partial charge in [0.1, 0.15) is 5.57 Å². The van der Waals surface area contributed by atoms with Gasteiger partial charge in [0.15, 0.2) is 5.11 Å². The van der Waals surface area contributed by atoms with Crippen LogP contribution in [-0.2, 0) is 9.59 Å². The fraction of sp³-hybridized carbons (Fsp3) is 0.118. The van der Waals surface area contributed by atoms with Crippen molar-refractivity contribution in [2.24, 2.45) is 0 Å². The Morgan fingerprint density at radius 2 is 1.96 bits per heavy atom.